The van der Waals surface area contributed by atoms with Crippen LogP contribution in [0.3, 0.4) is 0 Å². The number of fused-ring (bicyclic) bond motifs is 1. The summed E-state index contributed by atoms with van der Waals surface area (Å²) in [6.07, 6.45) is 2.19. The zero-order valence-corrected chi connectivity index (χ0v) is 14.1. The highest BCUT2D eigenvalue weighted by Crippen LogP contribution is 2.39. The molecule has 5 heteroatoms. The molecular weight excluding hydrogens is 324 g/mol. The molecule has 0 saturated heterocycles. The molecular formula is C18H16N2OS2. The zero-order chi connectivity index (χ0) is 15.6. The first-order valence-electron chi connectivity index (χ1n) is 7.67. The van der Waals surface area contributed by atoms with E-state index < -0.39 is 0 Å². The van der Waals surface area contributed by atoms with Crippen LogP contribution in [0.25, 0.3) is 10.2 Å². The average Bonchev–Trinajstić information content (AvgIpc) is 3.29. The van der Waals surface area contributed by atoms with E-state index in [9.17, 15) is 4.79 Å². The summed E-state index contributed by atoms with van der Waals surface area (Å²) in [6.45, 7) is 0. The maximum atomic E-state index is 12.7. The van der Waals surface area contributed by atoms with E-state index in [1.165, 1.54) is 0 Å². The van der Waals surface area contributed by atoms with Crippen molar-refractivity contribution in [1.29, 1.82) is 0 Å². The Morgan fingerprint density at radius 1 is 1.13 bits per heavy atom. The van der Waals surface area contributed by atoms with Crippen molar-refractivity contribution in [2.24, 2.45) is 0 Å². The van der Waals surface area contributed by atoms with E-state index >= 15 is 0 Å². The van der Waals surface area contributed by atoms with Crippen molar-refractivity contribution in [3.05, 3.63) is 60.2 Å². The van der Waals surface area contributed by atoms with Crippen LogP contribution in [0.4, 0.5) is 0 Å². The van der Waals surface area contributed by atoms with Gasteiger partial charge in [0, 0.05) is 6.04 Å². The van der Waals surface area contributed by atoms with Crippen molar-refractivity contribution in [2.45, 2.75) is 28.5 Å². The highest BCUT2D eigenvalue weighted by atomic mass is 32.2. The summed E-state index contributed by atoms with van der Waals surface area (Å²) in [5, 5.41) is 2.87. The lowest BCUT2D eigenvalue weighted by atomic mass is 10.1. The molecule has 0 radical (unpaired) electrons. The largest absolute Gasteiger partial charge is 0.352 e. The van der Waals surface area contributed by atoms with Gasteiger partial charge in [-0.25, -0.2) is 4.98 Å². The van der Waals surface area contributed by atoms with E-state index in [0.717, 1.165) is 33.0 Å². The van der Waals surface area contributed by atoms with Crippen LogP contribution in [-0.4, -0.2) is 16.9 Å². The summed E-state index contributed by atoms with van der Waals surface area (Å²) in [6, 6.07) is 18.4. The van der Waals surface area contributed by atoms with Crippen LogP contribution < -0.4 is 5.32 Å². The van der Waals surface area contributed by atoms with Crippen LogP contribution in [0, 0.1) is 0 Å². The molecule has 0 spiro atoms. The Balaban J connectivity index is 1.62. The molecule has 3 aromatic rings. The fourth-order valence-corrected chi connectivity index (χ4v) is 4.68. The minimum Gasteiger partial charge on any atom is -0.352 e. The third-order valence-corrected chi connectivity index (χ3v) is 6.14. The number of nitrogens with one attached hydrogen (secondary N) is 1. The van der Waals surface area contributed by atoms with Crippen molar-refractivity contribution >= 4 is 39.2 Å². The minimum atomic E-state index is -0.252. The maximum absolute atomic E-state index is 12.7. The summed E-state index contributed by atoms with van der Waals surface area (Å²) in [4.78, 5) is 17.3. The molecule has 1 atom stereocenters. The van der Waals surface area contributed by atoms with E-state index in [4.69, 9.17) is 0 Å². The van der Waals surface area contributed by atoms with Gasteiger partial charge in [0.2, 0.25) is 5.91 Å². The standard InChI is InChI=1S/C18H16N2OS2/c21-17(19-13-10-11-13)16(12-6-2-1-3-7-12)23-18-20-14-8-4-5-9-15(14)22-18/h1-9,13,16H,10-11H2,(H,19,21). The number of rotatable bonds is 5. The summed E-state index contributed by atoms with van der Waals surface area (Å²) >= 11 is 3.18. The monoisotopic (exact) mass is 340 g/mol. The van der Waals surface area contributed by atoms with Crippen LogP contribution in [0.5, 0.6) is 0 Å². The normalized spacial score (nSPS) is 15.5. The molecule has 1 fully saturated rings. The lowest BCUT2D eigenvalue weighted by Crippen LogP contribution is -2.29. The minimum absolute atomic E-state index is 0.0861. The molecule has 0 bridgehead atoms. The van der Waals surface area contributed by atoms with Crippen LogP contribution in [0.2, 0.25) is 0 Å². The van der Waals surface area contributed by atoms with Crippen molar-refractivity contribution in [3.8, 4) is 0 Å². The van der Waals surface area contributed by atoms with E-state index in [-0.39, 0.29) is 11.2 Å². The molecule has 1 aromatic heterocycles. The first-order valence-corrected chi connectivity index (χ1v) is 9.37. The number of nitrogens with zero attached hydrogens (tertiary/aromatic N) is 1. The number of amides is 1. The topological polar surface area (TPSA) is 42.0 Å². The Hall–Kier alpha value is -1.85. The Morgan fingerprint density at radius 3 is 2.61 bits per heavy atom. The number of carbonyl (C=O) groups excluding carboxylic acids is 1. The summed E-state index contributed by atoms with van der Waals surface area (Å²) < 4.78 is 2.09. The molecule has 1 aliphatic rings. The lowest BCUT2D eigenvalue weighted by molar-refractivity contribution is -0.120. The number of thioether (sulfide) groups is 1. The third kappa shape index (κ3) is 3.41. The quantitative estimate of drug-likeness (QED) is 0.700. The molecule has 3 nitrogen and oxygen atoms in total. The highest BCUT2D eigenvalue weighted by molar-refractivity contribution is 8.02. The van der Waals surface area contributed by atoms with Crippen molar-refractivity contribution in [1.82, 2.24) is 10.3 Å². The van der Waals surface area contributed by atoms with Gasteiger partial charge < -0.3 is 5.32 Å². The summed E-state index contributed by atoms with van der Waals surface area (Å²) in [5.41, 5.74) is 2.02. The number of hydrogen-bond acceptors (Lipinski definition) is 4. The van der Waals surface area contributed by atoms with Gasteiger partial charge in [-0.2, -0.15) is 0 Å². The number of benzene rings is 2. The van der Waals surface area contributed by atoms with Gasteiger partial charge in [-0.1, -0.05) is 54.2 Å². The molecule has 23 heavy (non-hydrogen) atoms. The van der Waals surface area contributed by atoms with Gasteiger partial charge in [0.25, 0.3) is 0 Å². The van der Waals surface area contributed by atoms with E-state index in [1.807, 2.05) is 48.5 Å². The van der Waals surface area contributed by atoms with Crippen molar-refractivity contribution < 1.29 is 4.79 Å². The van der Waals surface area contributed by atoms with Gasteiger partial charge >= 0.3 is 0 Å². The second kappa shape index (κ2) is 6.34. The number of para-hydroxylation sites is 1. The van der Waals surface area contributed by atoms with Crippen LogP contribution >= 0.6 is 23.1 Å². The molecule has 1 saturated carbocycles. The van der Waals surface area contributed by atoms with E-state index in [1.54, 1.807) is 23.1 Å². The van der Waals surface area contributed by atoms with Crippen LogP contribution in [-0.2, 0) is 4.79 Å². The number of aromatic nitrogens is 1. The first kappa shape index (κ1) is 14.7. The van der Waals surface area contributed by atoms with Crippen LogP contribution in [0.15, 0.2) is 58.9 Å². The smallest absolute Gasteiger partial charge is 0.238 e. The Bertz CT molecular complexity index is 794. The molecule has 0 aliphatic heterocycles. The fraction of sp³-hybridized carbons (Fsp3) is 0.222. The van der Waals surface area contributed by atoms with Gasteiger partial charge in [-0.15, -0.1) is 11.3 Å². The van der Waals surface area contributed by atoms with E-state index in [0.29, 0.717) is 6.04 Å². The summed E-state index contributed by atoms with van der Waals surface area (Å²) in [5.74, 6) is 0.0861. The van der Waals surface area contributed by atoms with Crippen molar-refractivity contribution in [2.75, 3.05) is 0 Å². The Kier molecular flexibility index (Phi) is 4.06. The highest BCUT2D eigenvalue weighted by Gasteiger charge is 2.29. The second-order valence-corrected chi connectivity index (χ2v) is 8.02. The molecule has 1 aliphatic carbocycles. The van der Waals surface area contributed by atoms with Gasteiger partial charge in [-0.05, 0) is 30.5 Å². The predicted octanol–water partition coefficient (Wildman–Crippen LogP) is 4.41. The molecule has 1 heterocycles. The molecule has 4 rings (SSSR count). The lowest BCUT2D eigenvalue weighted by Gasteiger charge is -2.15. The molecule has 116 valence electrons. The fourth-order valence-electron chi connectivity index (χ4n) is 2.41. The number of hydrogen-bond donors (Lipinski definition) is 1. The van der Waals surface area contributed by atoms with Gasteiger partial charge in [0.15, 0.2) is 4.34 Å². The van der Waals surface area contributed by atoms with Gasteiger partial charge in [-0.3, -0.25) is 4.79 Å². The Labute approximate surface area is 143 Å². The third-order valence-electron chi connectivity index (χ3n) is 3.76. The molecule has 1 amide bonds. The molecule has 1 N–H and O–H groups in total. The summed E-state index contributed by atoms with van der Waals surface area (Å²) in [7, 11) is 0. The average molecular weight is 340 g/mol. The van der Waals surface area contributed by atoms with E-state index in [2.05, 4.69) is 16.4 Å². The maximum Gasteiger partial charge on any atom is 0.238 e. The van der Waals surface area contributed by atoms with Gasteiger partial charge in [0.1, 0.15) is 5.25 Å². The number of thiazole rings is 1. The van der Waals surface area contributed by atoms with Gasteiger partial charge in [0.05, 0.1) is 10.2 Å². The first-order chi connectivity index (χ1) is 11.3. The molecule has 2 aromatic carbocycles. The SMILES string of the molecule is O=C(NC1CC1)C(Sc1nc2ccccc2s1)c1ccccc1. The second-order valence-electron chi connectivity index (χ2n) is 5.64. The number of carbonyl (C=O) groups is 1. The van der Waals surface area contributed by atoms with Crippen LogP contribution in [0.1, 0.15) is 23.7 Å². The predicted molar refractivity (Wildman–Crippen MR) is 95.8 cm³/mol. The molecule has 1 unspecified atom stereocenters. The Morgan fingerprint density at radius 2 is 1.87 bits per heavy atom. The zero-order valence-electron chi connectivity index (χ0n) is 12.4. The van der Waals surface area contributed by atoms with Crippen molar-refractivity contribution in [3.63, 3.8) is 0 Å².